The van der Waals surface area contributed by atoms with Gasteiger partial charge in [0.25, 0.3) is 0 Å². The zero-order chi connectivity index (χ0) is 26.1. The van der Waals surface area contributed by atoms with Gasteiger partial charge in [-0.25, -0.2) is 0 Å². The van der Waals surface area contributed by atoms with E-state index >= 15 is 0 Å². The fraction of sp³-hybridized carbons (Fsp3) is 0.969. The number of hydrogen-bond acceptors (Lipinski definition) is 3. The van der Waals surface area contributed by atoms with Gasteiger partial charge in [0, 0.05) is 24.1 Å². The van der Waals surface area contributed by atoms with Gasteiger partial charge < -0.3 is 9.47 Å². The van der Waals surface area contributed by atoms with E-state index in [9.17, 15) is 4.79 Å². The molecule has 0 aromatic rings. The summed E-state index contributed by atoms with van der Waals surface area (Å²) in [5.41, 5.74) is 0.536. The molecule has 0 aromatic carbocycles. The zero-order valence-corrected chi connectivity index (χ0v) is 25.8. The average Bonchev–Trinajstić information content (AvgIpc) is 3.32. The maximum absolute atomic E-state index is 11.8. The van der Waals surface area contributed by atoms with Crippen LogP contribution < -0.4 is 0 Å². The standard InChI is InChI=1S/C32H53BrO3/c1-8-23(20(2)3)10-9-21(4)26-11-12-27-25-18-31(19-33)32(36-31)17-24(35-22(5)34)13-16-30(32,7)28(25)14-15-29(26,27)6/h20-21,23-28H,8-19H2,1-7H3/t21-,23-,24+,25+,26-,27+,28+,29-,30-,31+,32-/m1/s1. The molecule has 3 nitrogen and oxygen atoms in total. The minimum atomic E-state index is -0.142. The van der Waals surface area contributed by atoms with Crippen molar-refractivity contribution < 1.29 is 14.3 Å². The lowest BCUT2D eigenvalue weighted by atomic mass is 9.42. The summed E-state index contributed by atoms with van der Waals surface area (Å²) in [5.74, 6) is 5.65. The Morgan fingerprint density at radius 3 is 2.42 bits per heavy atom. The van der Waals surface area contributed by atoms with E-state index in [1.807, 2.05) is 0 Å². The van der Waals surface area contributed by atoms with Crippen LogP contribution in [0.3, 0.4) is 0 Å². The van der Waals surface area contributed by atoms with Gasteiger partial charge in [0.15, 0.2) is 0 Å². The maximum atomic E-state index is 11.8. The van der Waals surface area contributed by atoms with Crippen LogP contribution in [0.2, 0.25) is 0 Å². The summed E-state index contributed by atoms with van der Waals surface area (Å²) in [5, 5.41) is 0.919. The monoisotopic (exact) mass is 564 g/mol. The molecule has 0 bridgehead atoms. The zero-order valence-electron chi connectivity index (χ0n) is 24.2. The number of ether oxygens (including phenoxy) is 2. The van der Waals surface area contributed by atoms with Crippen molar-refractivity contribution in [2.24, 2.45) is 52.3 Å². The molecule has 1 saturated heterocycles. The van der Waals surface area contributed by atoms with E-state index in [-0.39, 0.29) is 28.7 Å². The lowest BCUT2D eigenvalue weighted by molar-refractivity contribution is -0.158. The largest absolute Gasteiger partial charge is 0.462 e. The topological polar surface area (TPSA) is 38.8 Å². The van der Waals surface area contributed by atoms with Gasteiger partial charge in [-0.05, 0) is 98.2 Å². The summed E-state index contributed by atoms with van der Waals surface area (Å²) in [4.78, 5) is 11.8. The number of alkyl halides is 1. The first-order valence-corrected chi connectivity index (χ1v) is 16.5. The highest BCUT2D eigenvalue weighted by molar-refractivity contribution is 9.09. The number of esters is 1. The fourth-order valence-electron chi connectivity index (χ4n) is 11.1. The normalized spacial score (nSPS) is 48.9. The molecule has 5 aliphatic rings. The van der Waals surface area contributed by atoms with Crippen LogP contribution in [0.5, 0.6) is 0 Å². The molecule has 4 saturated carbocycles. The van der Waals surface area contributed by atoms with Crippen molar-refractivity contribution in [3.05, 3.63) is 0 Å². The molecule has 0 aromatic heterocycles. The molecule has 206 valence electrons. The van der Waals surface area contributed by atoms with E-state index in [2.05, 4.69) is 57.5 Å². The Morgan fingerprint density at radius 2 is 1.78 bits per heavy atom. The lowest BCUT2D eigenvalue weighted by Gasteiger charge is -2.61. The number of carbonyl (C=O) groups excluding carboxylic acids is 1. The Hall–Kier alpha value is -0.0900. The fourth-order valence-corrected chi connectivity index (χ4v) is 11.9. The van der Waals surface area contributed by atoms with Crippen LogP contribution in [0.25, 0.3) is 0 Å². The van der Waals surface area contributed by atoms with E-state index in [1.54, 1.807) is 6.92 Å². The first kappa shape index (κ1) is 27.5. The van der Waals surface area contributed by atoms with Gasteiger partial charge in [-0.3, -0.25) is 4.79 Å². The summed E-state index contributed by atoms with van der Waals surface area (Å²) in [6.07, 6.45) is 14.0. The highest BCUT2D eigenvalue weighted by Gasteiger charge is 2.83. The Labute approximate surface area is 229 Å². The molecule has 0 amide bonds. The highest BCUT2D eigenvalue weighted by Crippen LogP contribution is 2.78. The second-order valence-electron chi connectivity index (χ2n) is 14.7. The highest BCUT2D eigenvalue weighted by atomic mass is 79.9. The number of carbonyl (C=O) groups is 1. The third kappa shape index (κ3) is 3.91. The van der Waals surface area contributed by atoms with Gasteiger partial charge in [0.2, 0.25) is 0 Å². The van der Waals surface area contributed by atoms with Crippen LogP contribution in [-0.2, 0) is 14.3 Å². The Balaban J connectivity index is 1.35. The second-order valence-corrected chi connectivity index (χ2v) is 15.3. The van der Waals surface area contributed by atoms with Gasteiger partial charge in [0.05, 0.1) is 0 Å². The number of hydrogen-bond donors (Lipinski definition) is 0. The van der Waals surface area contributed by atoms with Gasteiger partial charge >= 0.3 is 5.97 Å². The summed E-state index contributed by atoms with van der Waals surface area (Å²) >= 11 is 3.92. The minimum absolute atomic E-state index is 0.0244. The molecule has 1 heterocycles. The van der Waals surface area contributed by atoms with Crippen molar-refractivity contribution in [3.8, 4) is 0 Å². The van der Waals surface area contributed by atoms with E-state index in [0.717, 1.165) is 66.0 Å². The third-order valence-corrected chi connectivity index (χ3v) is 14.0. The second kappa shape index (κ2) is 9.53. The maximum Gasteiger partial charge on any atom is 0.302 e. The molecule has 0 unspecified atom stereocenters. The predicted molar refractivity (Wildman–Crippen MR) is 150 cm³/mol. The van der Waals surface area contributed by atoms with Crippen LogP contribution in [0, 0.1) is 52.3 Å². The van der Waals surface area contributed by atoms with Crippen molar-refractivity contribution in [3.63, 3.8) is 0 Å². The molecular formula is C32H53BrO3. The van der Waals surface area contributed by atoms with E-state index in [1.165, 1.54) is 51.4 Å². The van der Waals surface area contributed by atoms with Crippen LogP contribution in [0.4, 0.5) is 0 Å². The van der Waals surface area contributed by atoms with E-state index in [4.69, 9.17) is 9.47 Å². The summed E-state index contributed by atoms with van der Waals surface area (Å²) < 4.78 is 12.7. The van der Waals surface area contributed by atoms with E-state index in [0.29, 0.717) is 5.41 Å². The third-order valence-electron chi connectivity index (χ3n) is 13.1. The summed E-state index contributed by atoms with van der Waals surface area (Å²) in [6, 6.07) is 0. The smallest absolute Gasteiger partial charge is 0.302 e. The van der Waals surface area contributed by atoms with Gasteiger partial charge in [-0.1, -0.05) is 70.3 Å². The molecule has 11 atom stereocenters. The first-order chi connectivity index (χ1) is 17.0. The van der Waals surface area contributed by atoms with Crippen LogP contribution >= 0.6 is 15.9 Å². The minimum Gasteiger partial charge on any atom is -0.462 e. The lowest BCUT2D eigenvalue weighted by Crippen LogP contribution is -2.61. The SMILES string of the molecule is CC[C@H](CC[C@@H](C)[C@H]1CC[C@H]2[C@@H]3C[C@@]4(CBr)O[C@@]45C[C@@H](OC(C)=O)CC[C@]5(C)[C@H]3CC[C@]12C)C(C)C. The van der Waals surface area contributed by atoms with Gasteiger partial charge in [-0.2, -0.15) is 0 Å². The number of rotatable bonds is 8. The summed E-state index contributed by atoms with van der Waals surface area (Å²) in [6.45, 7) is 16.6. The number of epoxide rings is 1. The molecule has 5 rings (SSSR count). The molecule has 4 heteroatoms. The van der Waals surface area contributed by atoms with Crippen molar-refractivity contribution in [2.75, 3.05) is 5.33 Å². The Morgan fingerprint density at radius 1 is 1.03 bits per heavy atom. The molecule has 4 aliphatic carbocycles. The van der Waals surface area contributed by atoms with Crippen molar-refractivity contribution in [1.29, 1.82) is 0 Å². The van der Waals surface area contributed by atoms with Crippen LogP contribution in [0.1, 0.15) is 119 Å². The molecule has 0 radical (unpaired) electrons. The van der Waals surface area contributed by atoms with Gasteiger partial charge in [-0.15, -0.1) is 0 Å². The van der Waals surface area contributed by atoms with Crippen LogP contribution in [0.15, 0.2) is 0 Å². The quantitative estimate of drug-likeness (QED) is 0.168. The number of halogens is 1. The number of fused-ring (bicyclic) bond motifs is 4. The van der Waals surface area contributed by atoms with Gasteiger partial charge in [0.1, 0.15) is 17.3 Å². The first-order valence-electron chi connectivity index (χ1n) is 15.4. The molecule has 36 heavy (non-hydrogen) atoms. The van der Waals surface area contributed by atoms with Crippen LogP contribution in [-0.4, -0.2) is 28.6 Å². The molecule has 1 spiro atoms. The Bertz CT molecular complexity index is 843. The van der Waals surface area contributed by atoms with Crippen molar-refractivity contribution >= 4 is 21.9 Å². The average molecular weight is 566 g/mol. The van der Waals surface area contributed by atoms with Crippen molar-refractivity contribution in [2.45, 2.75) is 136 Å². The molecule has 0 N–H and O–H groups in total. The van der Waals surface area contributed by atoms with E-state index < -0.39 is 0 Å². The molecule has 5 fully saturated rings. The molecular weight excluding hydrogens is 512 g/mol. The summed E-state index contributed by atoms with van der Waals surface area (Å²) in [7, 11) is 0. The predicted octanol–water partition coefficient (Wildman–Crippen LogP) is 8.57. The Kier molecular flexibility index (Phi) is 7.27. The van der Waals surface area contributed by atoms with Crippen molar-refractivity contribution in [1.82, 2.24) is 0 Å². The molecule has 1 aliphatic heterocycles.